The van der Waals surface area contributed by atoms with E-state index in [1.807, 2.05) is 4.90 Å². The molecule has 2 aliphatic heterocycles. The van der Waals surface area contributed by atoms with Crippen LogP contribution in [0.5, 0.6) is 0 Å². The number of nitrogens with zero attached hydrogens (tertiary/aromatic N) is 2. The molecule has 30 heavy (non-hydrogen) atoms. The fourth-order valence-electron chi connectivity index (χ4n) is 4.43. The Morgan fingerprint density at radius 1 is 0.967 bits per heavy atom. The first kappa shape index (κ1) is 20.9. The minimum absolute atomic E-state index is 0.0443. The molecule has 0 radical (unpaired) electrons. The van der Waals surface area contributed by atoms with Crippen LogP contribution in [0.25, 0.3) is 0 Å². The number of anilines is 1. The minimum atomic E-state index is -3.19. The maximum absolute atomic E-state index is 12.9. The van der Waals surface area contributed by atoms with Gasteiger partial charge in [0.2, 0.25) is 10.0 Å². The largest absolute Gasteiger partial charge is 0.339 e. The smallest absolute Gasteiger partial charge is 0.253 e. The molecule has 160 valence electrons. The Morgan fingerprint density at radius 2 is 1.63 bits per heavy atom. The fraction of sp³-hybridized carbons (Fsp3) is 0.458. The van der Waals surface area contributed by atoms with E-state index in [0.29, 0.717) is 30.1 Å². The number of piperidine rings is 1. The Labute approximate surface area is 179 Å². The van der Waals surface area contributed by atoms with Gasteiger partial charge >= 0.3 is 0 Å². The highest BCUT2D eigenvalue weighted by Crippen LogP contribution is 2.26. The zero-order valence-corrected chi connectivity index (χ0v) is 18.4. The van der Waals surface area contributed by atoms with Crippen LogP contribution in [0.2, 0.25) is 0 Å². The lowest BCUT2D eigenvalue weighted by atomic mass is 9.90. The van der Waals surface area contributed by atoms with Gasteiger partial charge in [0.25, 0.3) is 5.91 Å². The van der Waals surface area contributed by atoms with Crippen LogP contribution >= 0.6 is 0 Å². The van der Waals surface area contributed by atoms with E-state index < -0.39 is 10.0 Å². The molecule has 2 aromatic rings. The van der Waals surface area contributed by atoms with E-state index in [1.54, 1.807) is 24.3 Å². The van der Waals surface area contributed by atoms with Crippen molar-refractivity contribution in [3.8, 4) is 0 Å². The molecule has 2 aromatic carbocycles. The van der Waals surface area contributed by atoms with Crippen molar-refractivity contribution >= 4 is 21.6 Å². The third kappa shape index (κ3) is 4.69. The molecule has 0 N–H and O–H groups in total. The number of hydrogen-bond donors (Lipinski definition) is 0. The molecule has 2 aliphatic rings. The van der Waals surface area contributed by atoms with Gasteiger partial charge in [-0.15, -0.1) is 0 Å². The number of aryl methyl sites for hydroxylation is 2. The molecule has 0 saturated carbocycles. The van der Waals surface area contributed by atoms with E-state index in [4.69, 9.17) is 0 Å². The van der Waals surface area contributed by atoms with Crippen molar-refractivity contribution in [2.45, 2.75) is 39.0 Å². The van der Waals surface area contributed by atoms with Crippen molar-refractivity contribution in [3.63, 3.8) is 0 Å². The minimum Gasteiger partial charge on any atom is -0.339 e. The van der Waals surface area contributed by atoms with Gasteiger partial charge in [-0.2, -0.15) is 0 Å². The molecule has 0 atom stereocenters. The number of benzene rings is 2. The first-order valence-electron chi connectivity index (χ1n) is 10.9. The SMILES string of the molecule is Cc1ccc(CCC2CCN(C(=O)c3ccc(N4CCCS4(=O)=O)cc3)CC2)cc1. The number of sulfonamides is 1. The Morgan fingerprint density at radius 3 is 2.23 bits per heavy atom. The van der Waals surface area contributed by atoms with Crippen LogP contribution in [-0.2, 0) is 16.4 Å². The van der Waals surface area contributed by atoms with E-state index in [-0.39, 0.29) is 11.7 Å². The predicted molar refractivity (Wildman–Crippen MR) is 120 cm³/mol. The van der Waals surface area contributed by atoms with Gasteiger partial charge in [-0.3, -0.25) is 9.10 Å². The van der Waals surface area contributed by atoms with Crippen LogP contribution < -0.4 is 4.31 Å². The van der Waals surface area contributed by atoms with E-state index in [1.165, 1.54) is 21.9 Å². The molecule has 6 heteroatoms. The second-order valence-electron chi connectivity index (χ2n) is 8.55. The molecule has 2 saturated heterocycles. The lowest BCUT2D eigenvalue weighted by Gasteiger charge is -2.32. The van der Waals surface area contributed by atoms with E-state index in [0.717, 1.165) is 32.4 Å². The summed E-state index contributed by atoms with van der Waals surface area (Å²) >= 11 is 0. The molecule has 1 amide bonds. The second kappa shape index (κ2) is 8.80. The lowest BCUT2D eigenvalue weighted by molar-refractivity contribution is 0.0687. The summed E-state index contributed by atoms with van der Waals surface area (Å²) in [6, 6.07) is 15.8. The first-order valence-corrected chi connectivity index (χ1v) is 12.5. The van der Waals surface area contributed by atoms with Gasteiger partial charge in [0.1, 0.15) is 0 Å². The van der Waals surface area contributed by atoms with Crippen LogP contribution in [0.15, 0.2) is 48.5 Å². The molecule has 0 aliphatic carbocycles. The topological polar surface area (TPSA) is 57.7 Å². The Kier molecular flexibility index (Phi) is 6.14. The number of rotatable bonds is 5. The second-order valence-corrected chi connectivity index (χ2v) is 10.6. The Bertz CT molecular complexity index is 976. The third-order valence-corrected chi connectivity index (χ3v) is 8.23. The summed E-state index contributed by atoms with van der Waals surface area (Å²) in [6.07, 6.45) is 5.01. The molecule has 5 nitrogen and oxygen atoms in total. The van der Waals surface area contributed by atoms with Crippen molar-refractivity contribution in [2.24, 2.45) is 5.92 Å². The highest BCUT2D eigenvalue weighted by Gasteiger charge is 2.29. The molecule has 0 bridgehead atoms. The average molecular weight is 427 g/mol. The van der Waals surface area contributed by atoms with Gasteiger partial charge in [0.05, 0.1) is 11.4 Å². The van der Waals surface area contributed by atoms with Crippen molar-refractivity contribution < 1.29 is 13.2 Å². The third-order valence-electron chi connectivity index (χ3n) is 6.37. The standard InChI is InChI=1S/C24H30N2O3S/c1-19-3-5-20(6-4-19)7-8-21-13-16-25(17-14-21)24(27)22-9-11-23(12-10-22)26-15-2-18-30(26,28)29/h3-6,9-12,21H,2,7-8,13-18H2,1H3. The van der Waals surface area contributed by atoms with Gasteiger partial charge in [0.15, 0.2) is 0 Å². The molecule has 0 unspecified atom stereocenters. The molecule has 2 heterocycles. The maximum Gasteiger partial charge on any atom is 0.253 e. The van der Waals surface area contributed by atoms with Gasteiger partial charge < -0.3 is 4.90 Å². The summed E-state index contributed by atoms with van der Waals surface area (Å²) in [5.74, 6) is 0.910. The average Bonchev–Trinajstić information content (AvgIpc) is 3.12. The number of hydrogen-bond acceptors (Lipinski definition) is 3. The monoisotopic (exact) mass is 426 g/mol. The van der Waals surface area contributed by atoms with Gasteiger partial charge in [-0.1, -0.05) is 29.8 Å². The first-order chi connectivity index (χ1) is 14.4. The van der Waals surface area contributed by atoms with E-state index in [9.17, 15) is 13.2 Å². The van der Waals surface area contributed by atoms with Crippen molar-refractivity contribution in [1.82, 2.24) is 4.90 Å². The summed E-state index contributed by atoms with van der Waals surface area (Å²) in [5.41, 5.74) is 3.96. The molecule has 0 spiro atoms. The summed E-state index contributed by atoms with van der Waals surface area (Å²) in [4.78, 5) is 14.8. The molecular weight excluding hydrogens is 396 g/mol. The van der Waals surface area contributed by atoms with Crippen LogP contribution in [0.1, 0.15) is 47.2 Å². The molecular formula is C24H30N2O3S. The number of carbonyl (C=O) groups is 1. The summed E-state index contributed by atoms with van der Waals surface area (Å²) in [5, 5.41) is 0. The van der Waals surface area contributed by atoms with Crippen LogP contribution in [0, 0.1) is 12.8 Å². The highest BCUT2D eigenvalue weighted by atomic mass is 32.2. The van der Waals surface area contributed by atoms with Crippen molar-refractivity contribution in [1.29, 1.82) is 0 Å². The van der Waals surface area contributed by atoms with E-state index >= 15 is 0 Å². The van der Waals surface area contributed by atoms with Crippen molar-refractivity contribution in [3.05, 3.63) is 65.2 Å². The molecule has 0 aromatic heterocycles. The fourth-order valence-corrected chi connectivity index (χ4v) is 6.00. The Balaban J connectivity index is 1.29. The van der Waals surface area contributed by atoms with Crippen LogP contribution in [0.3, 0.4) is 0 Å². The number of likely N-dealkylation sites (tertiary alicyclic amines) is 1. The highest BCUT2D eigenvalue weighted by molar-refractivity contribution is 7.93. The van der Waals surface area contributed by atoms with E-state index in [2.05, 4.69) is 31.2 Å². The summed E-state index contributed by atoms with van der Waals surface area (Å²) < 4.78 is 25.6. The lowest BCUT2D eigenvalue weighted by Crippen LogP contribution is -2.38. The van der Waals surface area contributed by atoms with Crippen LogP contribution in [-0.4, -0.2) is 44.6 Å². The Hall–Kier alpha value is -2.34. The summed E-state index contributed by atoms with van der Waals surface area (Å²) in [6.45, 7) is 4.21. The molecule has 4 rings (SSSR count). The quantitative estimate of drug-likeness (QED) is 0.726. The van der Waals surface area contributed by atoms with Crippen LogP contribution in [0.4, 0.5) is 5.69 Å². The van der Waals surface area contributed by atoms with Crippen molar-refractivity contribution in [2.75, 3.05) is 29.7 Å². The van der Waals surface area contributed by atoms with Gasteiger partial charge in [-0.05, 0) is 74.8 Å². The molecule has 2 fully saturated rings. The zero-order valence-electron chi connectivity index (χ0n) is 17.6. The number of amides is 1. The predicted octanol–water partition coefficient (Wildman–Crippen LogP) is 4.02. The zero-order chi connectivity index (χ0) is 21.1. The number of carbonyl (C=O) groups excluding carboxylic acids is 1. The maximum atomic E-state index is 12.9. The normalized spacial score (nSPS) is 19.2. The summed E-state index contributed by atoms with van der Waals surface area (Å²) in [7, 11) is -3.19. The van der Waals surface area contributed by atoms with Gasteiger partial charge in [0, 0.05) is 25.2 Å². The van der Waals surface area contributed by atoms with Gasteiger partial charge in [-0.25, -0.2) is 8.42 Å².